The molecule has 2 aromatic rings. The number of Topliss-reactive ketones (excluding diaryl/α,β-unsaturated/α-hetero) is 2. The molecule has 0 aromatic heterocycles. The monoisotopic (exact) mass is 387 g/mol. The molecule has 142 valence electrons. The van der Waals surface area contributed by atoms with Gasteiger partial charge in [0.15, 0.2) is 0 Å². The van der Waals surface area contributed by atoms with Crippen molar-refractivity contribution in [3.05, 3.63) is 59.7 Å². The van der Waals surface area contributed by atoms with Crippen LogP contribution in [0, 0.1) is 0 Å². The second-order valence-corrected chi connectivity index (χ2v) is 5.28. The van der Waals surface area contributed by atoms with Gasteiger partial charge in [0.1, 0.15) is 5.75 Å². The minimum atomic E-state index is -5.11. The molecule has 27 heavy (non-hydrogen) atoms. The molecule has 0 saturated heterocycles. The molecule has 2 aromatic carbocycles. The molecule has 0 saturated carbocycles. The lowest BCUT2D eigenvalue weighted by Gasteiger charge is -2.15. The minimum absolute atomic E-state index is 0.358. The first-order chi connectivity index (χ1) is 12.4. The third kappa shape index (κ3) is 4.27. The second-order valence-electron chi connectivity index (χ2n) is 5.28. The van der Waals surface area contributed by atoms with E-state index >= 15 is 0 Å². The SMILES string of the molecule is O=C(c1ccc(NC(=O)C(F)(F)C(=O)c2ccccc2O)cc1)C(F)(F)F. The number of ketones is 2. The van der Waals surface area contributed by atoms with E-state index in [0.29, 0.717) is 12.1 Å². The number of hydrogen-bond donors (Lipinski definition) is 2. The van der Waals surface area contributed by atoms with Gasteiger partial charge in [0.25, 0.3) is 5.78 Å². The zero-order chi connectivity index (χ0) is 20.4. The first-order valence-corrected chi connectivity index (χ1v) is 7.18. The van der Waals surface area contributed by atoms with Crippen LogP contribution in [0.4, 0.5) is 27.6 Å². The Morgan fingerprint density at radius 1 is 0.815 bits per heavy atom. The molecule has 0 unspecified atom stereocenters. The number of carbonyl (C=O) groups excluding carboxylic acids is 3. The first-order valence-electron chi connectivity index (χ1n) is 7.18. The number of anilines is 1. The number of hydrogen-bond acceptors (Lipinski definition) is 4. The highest BCUT2D eigenvalue weighted by atomic mass is 19.4. The van der Waals surface area contributed by atoms with Gasteiger partial charge < -0.3 is 10.4 Å². The quantitative estimate of drug-likeness (QED) is 0.467. The summed E-state index contributed by atoms with van der Waals surface area (Å²) in [5.74, 6) is -11.4. The molecular weight excluding hydrogens is 377 g/mol. The van der Waals surface area contributed by atoms with Gasteiger partial charge >= 0.3 is 18.0 Å². The maximum Gasteiger partial charge on any atom is 0.454 e. The largest absolute Gasteiger partial charge is 0.507 e. The van der Waals surface area contributed by atoms with E-state index in [4.69, 9.17) is 0 Å². The molecule has 2 rings (SSSR count). The summed E-state index contributed by atoms with van der Waals surface area (Å²) in [4.78, 5) is 34.6. The number of nitrogens with one attached hydrogen (secondary N) is 1. The van der Waals surface area contributed by atoms with Crippen LogP contribution in [0.5, 0.6) is 5.75 Å². The molecule has 2 N–H and O–H groups in total. The van der Waals surface area contributed by atoms with Gasteiger partial charge in [0.05, 0.1) is 5.56 Å². The van der Waals surface area contributed by atoms with Crippen molar-refractivity contribution in [3.8, 4) is 5.75 Å². The van der Waals surface area contributed by atoms with Crippen LogP contribution in [-0.2, 0) is 4.79 Å². The summed E-state index contributed by atoms with van der Waals surface area (Å²) >= 11 is 0. The average Bonchev–Trinajstić information content (AvgIpc) is 2.60. The molecule has 0 aliphatic rings. The molecule has 0 heterocycles. The third-order valence-electron chi connectivity index (χ3n) is 3.38. The van der Waals surface area contributed by atoms with Crippen molar-refractivity contribution in [2.45, 2.75) is 12.1 Å². The fourth-order valence-electron chi connectivity index (χ4n) is 2.02. The molecule has 0 atom stereocenters. The van der Waals surface area contributed by atoms with Gasteiger partial charge in [-0.25, -0.2) is 0 Å². The number of benzene rings is 2. The van der Waals surface area contributed by atoms with Gasteiger partial charge in [0.2, 0.25) is 5.78 Å². The van der Waals surface area contributed by atoms with Gasteiger partial charge in [0, 0.05) is 11.3 Å². The van der Waals surface area contributed by atoms with Crippen LogP contribution in [0.15, 0.2) is 48.5 Å². The van der Waals surface area contributed by atoms with Gasteiger partial charge in [-0.2, -0.15) is 22.0 Å². The highest BCUT2D eigenvalue weighted by Crippen LogP contribution is 2.28. The summed E-state index contributed by atoms with van der Waals surface area (Å²) in [6.07, 6.45) is -5.11. The highest BCUT2D eigenvalue weighted by Gasteiger charge is 2.48. The Labute approximate surface area is 148 Å². The van der Waals surface area contributed by atoms with Gasteiger partial charge in [-0.15, -0.1) is 0 Å². The molecule has 0 spiro atoms. The lowest BCUT2D eigenvalue weighted by molar-refractivity contribution is -0.133. The molecule has 0 aliphatic carbocycles. The number of carbonyl (C=O) groups is 3. The fourth-order valence-corrected chi connectivity index (χ4v) is 2.02. The average molecular weight is 387 g/mol. The summed E-state index contributed by atoms with van der Waals surface area (Å²) in [5, 5.41) is 11.1. The van der Waals surface area contributed by atoms with Crippen LogP contribution in [0.2, 0.25) is 0 Å². The normalized spacial score (nSPS) is 11.7. The standard InChI is InChI=1S/C17H10F5NO4/c18-16(19,14(26)11-3-1-2-4-12(11)24)15(27)23-10-7-5-9(6-8-10)13(25)17(20,21)22/h1-8,24H,(H,23,27). The molecule has 1 amide bonds. The van der Waals surface area contributed by atoms with Crippen molar-refractivity contribution in [2.24, 2.45) is 0 Å². The number of phenols is 1. The Kier molecular flexibility index (Phi) is 5.29. The highest BCUT2D eigenvalue weighted by molar-refractivity contribution is 6.19. The van der Waals surface area contributed by atoms with E-state index in [-0.39, 0.29) is 5.69 Å². The number of phenolic OH excluding ortho intramolecular Hbond substituents is 1. The summed E-state index contributed by atoms with van der Waals surface area (Å²) in [7, 11) is 0. The van der Waals surface area contributed by atoms with Crippen LogP contribution >= 0.6 is 0 Å². The maximum atomic E-state index is 14.1. The Bertz CT molecular complexity index is 891. The molecule has 0 aliphatic heterocycles. The topological polar surface area (TPSA) is 83.5 Å². The van der Waals surface area contributed by atoms with E-state index in [1.807, 2.05) is 0 Å². The van der Waals surface area contributed by atoms with Crippen molar-refractivity contribution >= 4 is 23.2 Å². The van der Waals surface area contributed by atoms with Gasteiger partial charge in [-0.3, -0.25) is 14.4 Å². The van der Waals surface area contributed by atoms with Crippen LogP contribution in [0.3, 0.4) is 0 Å². The number of rotatable bonds is 5. The van der Waals surface area contributed by atoms with Crippen molar-refractivity contribution in [2.75, 3.05) is 5.32 Å². The van der Waals surface area contributed by atoms with Crippen molar-refractivity contribution in [1.82, 2.24) is 0 Å². The molecule has 0 fully saturated rings. The maximum absolute atomic E-state index is 14.1. The van der Waals surface area contributed by atoms with Crippen LogP contribution in [0.25, 0.3) is 0 Å². The Balaban J connectivity index is 2.17. The first kappa shape index (κ1) is 20.0. The number of alkyl halides is 5. The number of aromatic hydroxyl groups is 1. The van der Waals surface area contributed by atoms with E-state index in [1.54, 1.807) is 5.32 Å². The van der Waals surface area contributed by atoms with Crippen LogP contribution in [0.1, 0.15) is 20.7 Å². The zero-order valence-corrected chi connectivity index (χ0v) is 13.2. The van der Waals surface area contributed by atoms with Gasteiger partial charge in [-0.1, -0.05) is 12.1 Å². The molecule has 0 bridgehead atoms. The van der Waals surface area contributed by atoms with Crippen molar-refractivity contribution in [3.63, 3.8) is 0 Å². The molecule has 5 nitrogen and oxygen atoms in total. The number of para-hydroxylation sites is 1. The summed E-state index contributed by atoms with van der Waals surface area (Å²) < 4.78 is 65.0. The van der Waals surface area contributed by atoms with E-state index in [0.717, 1.165) is 24.3 Å². The zero-order valence-electron chi connectivity index (χ0n) is 13.2. The Hall–Kier alpha value is -3.30. The summed E-state index contributed by atoms with van der Waals surface area (Å²) in [5.41, 5.74) is -1.88. The predicted molar refractivity (Wildman–Crippen MR) is 82.8 cm³/mol. The molecular formula is C17H10F5NO4. The minimum Gasteiger partial charge on any atom is -0.507 e. The number of halogens is 5. The fraction of sp³-hybridized carbons (Fsp3) is 0.118. The van der Waals surface area contributed by atoms with Crippen molar-refractivity contribution < 1.29 is 41.4 Å². The second kappa shape index (κ2) is 7.14. The Morgan fingerprint density at radius 3 is 1.89 bits per heavy atom. The van der Waals surface area contributed by atoms with Crippen molar-refractivity contribution in [1.29, 1.82) is 0 Å². The lowest BCUT2D eigenvalue weighted by Crippen LogP contribution is -2.42. The predicted octanol–water partition coefficient (Wildman–Crippen LogP) is 3.59. The van der Waals surface area contributed by atoms with Gasteiger partial charge in [-0.05, 0) is 36.4 Å². The number of amides is 1. The summed E-state index contributed by atoms with van der Waals surface area (Å²) in [6, 6.07) is 7.36. The van der Waals surface area contributed by atoms with Crippen LogP contribution < -0.4 is 5.32 Å². The van der Waals surface area contributed by atoms with Crippen LogP contribution in [-0.4, -0.2) is 34.7 Å². The van der Waals surface area contributed by atoms with E-state index in [9.17, 15) is 41.4 Å². The molecule has 10 heteroatoms. The van der Waals surface area contributed by atoms with E-state index < -0.39 is 46.4 Å². The summed E-state index contributed by atoms with van der Waals surface area (Å²) in [6.45, 7) is 0. The Morgan fingerprint density at radius 2 is 1.37 bits per heavy atom. The van der Waals surface area contributed by atoms with E-state index in [1.165, 1.54) is 12.1 Å². The smallest absolute Gasteiger partial charge is 0.454 e. The third-order valence-corrected chi connectivity index (χ3v) is 3.38. The van der Waals surface area contributed by atoms with E-state index in [2.05, 4.69) is 0 Å². The lowest BCUT2D eigenvalue weighted by atomic mass is 10.0. The molecule has 0 radical (unpaired) electrons.